The molecular formula is C19H22Cl2N4O. The van der Waals surface area contributed by atoms with Gasteiger partial charge in [-0.25, -0.2) is 0 Å². The molecule has 26 heavy (non-hydrogen) atoms. The Morgan fingerprint density at radius 3 is 2.58 bits per heavy atom. The summed E-state index contributed by atoms with van der Waals surface area (Å²) in [6.45, 7) is 3.78. The Hall–Kier alpha value is -1.66. The molecular weight excluding hydrogens is 371 g/mol. The summed E-state index contributed by atoms with van der Waals surface area (Å²) in [7, 11) is 0. The Labute approximate surface area is 163 Å². The normalized spacial score (nSPS) is 16.5. The first kappa shape index (κ1) is 19.1. The molecule has 7 heteroatoms. The van der Waals surface area contributed by atoms with E-state index < -0.39 is 6.04 Å². The number of rotatable bonds is 5. The van der Waals surface area contributed by atoms with Crippen molar-refractivity contribution >= 4 is 29.1 Å². The first-order valence-electron chi connectivity index (χ1n) is 8.63. The molecule has 2 N–H and O–H groups in total. The minimum atomic E-state index is -0.601. The number of benzene rings is 1. The van der Waals surface area contributed by atoms with Crippen LogP contribution < -0.4 is 5.73 Å². The van der Waals surface area contributed by atoms with Gasteiger partial charge in [0, 0.05) is 49.0 Å². The van der Waals surface area contributed by atoms with Gasteiger partial charge < -0.3 is 10.6 Å². The summed E-state index contributed by atoms with van der Waals surface area (Å²) in [6, 6.07) is 10.6. The van der Waals surface area contributed by atoms with E-state index in [0.29, 0.717) is 29.6 Å². The highest BCUT2D eigenvalue weighted by molar-refractivity contribution is 6.35. The zero-order valence-electron chi connectivity index (χ0n) is 14.4. The topological polar surface area (TPSA) is 62.5 Å². The lowest BCUT2D eigenvalue weighted by Gasteiger charge is -2.35. The van der Waals surface area contributed by atoms with Gasteiger partial charge >= 0.3 is 0 Å². The van der Waals surface area contributed by atoms with Crippen LogP contribution >= 0.6 is 23.2 Å². The van der Waals surface area contributed by atoms with E-state index in [1.165, 1.54) is 0 Å². The third-order valence-corrected chi connectivity index (χ3v) is 5.15. The molecule has 1 atom stereocenters. The number of aromatic nitrogens is 1. The first-order valence-corrected chi connectivity index (χ1v) is 9.39. The van der Waals surface area contributed by atoms with Gasteiger partial charge in [-0.05, 0) is 36.2 Å². The standard InChI is InChI=1S/C19H22Cl2N4O/c20-15-5-4-14(17(21)12-15)11-18(22)19(26)25-9-7-24(8-10-25)13-16-3-1-2-6-23-16/h1-6,12,18H,7-11,13,22H2. The van der Waals surface area contributed by atoms with Crippen molar-refractivity contribution in [3.8, 4) is 0 Å². The fourth-order valence-corrected chi connectivity index (χ4v) is 3.58. The van der Waals surface area contributed by atoms with Crippen LogP contribution in [0.15, 0.2) is 42.6 Å². The molecule has 0 aliphatic carbocycles. The molecule has 1 aromatic heterocycles. The average molecular weight is 393 g/mol. The van der Waals surface area contributed by atoms with E-state index in [0.717, 1.165) is 30.9 Å². The number of carbonyl (C=O) groups excluding carboxylic acids is 1. The first-order chi connectivity index (χ1) is 12.5. The molecule has 0 spiro atoms. The van der Waals surface area contributed by atoms with Crippen molar-refractivity contribution in [3.05, 3.63) is 63.9 Å². The van der Waals surface area contributed by atoms with Crippen LogP contribution in [0.4, 0.5) is 0 Å². The van der Waals surface area contributed by atoms with Crippen molar-refractivity contribution in [1.82, 2.24) is 14.8 Å². The van der Waals surface area contributed by atoms with Gasteiger partial charge in [0.25, 0.3) is 0 Å². The van der Waals surface area contributed by atoms with Gasteiger partial charge in [0.1, 0.15) is 0 Å². The van der Waals surface area contributed by atoms with Gasteiger partial charge in [-0.1, -0.05) is 35.3 Å². The Bertz CT molecular complexity index is 748. The Kier molecular flexibility index (Phi) is 6.48. The molecule has 1 fully saturated rings. The molecule has 1 aliphatic rings. The molecule has 1 saturated heterocycles. The Morgan fingerprint density at radius 1 is 1.15 bits per heavy atom. The number of piperazine rings is 1. The predicted octanol–water partition coefficient (Wildman–Crippen LogP) is 2.60. The van der Waals surface area contributed by atoms with E-state index >= 15 is 0 Å². The highest BCUT2D eigenvalue weighted by Crippen LogP contribution is 2.22. The molecule has 3 rings (SSSR count). The van der Waals surface area contributed by atoms with Crippen LogP contribution in [0.2, 0.25) is 10.0 Å². The van der Waals surface area contributed by atoms with Crippen molar-refractivity contribution < 1.29 is 4.79 Å². The second kappa shape index (κ2) is 8.82. The lowest BCUT2D eigenvalue weighted by molar-refractivity contribution is -0.134. The number of hydrogen-bond acceptors (Lipinski definition) is 4. The monoisotopic (exact) mass is 392 g/mol. The number of halogens is 2. The number of nitrogens with two attached hydrogens (primary N) is 1. The molecule has 5 nitrogen and oxygen atoms in total. The van der Waals surface area contributed by atoms with E-state index in [1.54, 1.807) is 18.3 Å². The van der Waals surface area contributed by atoms with Crippen LogP contribution in [-0.2, 0) is 17.8 Å². The van der Waals surface area contributed by atoms with Crippen LogP contribution in [0.1, 0.15) is 11.3 Å². The summed E-state index contributed by atoms with van der Waals surface area (Å²) >= 11 is 12.1. The third kappa shape index (κ3) is 4.95. The highest BCUT2D eigenvalue weighted by Gasteiger charge is 2.26. The Morgan fingerprint density at radius 2 is 1.92 bits per heavy atom. The lowest BCUT2D eigenvalue weighted by atomic mass is 10.0. The summed E-state index contributed by atoms with van der Waals surface area (Å²) in [5.41, 5.74) is 8.02. The maximum absolute atomic E-state index is 12.6. The van der Waals surface area contributed by atoms with Gasteiger partial charge in [-0.2, -0.15) is 0 Å². The van der Waals surface area contributed by atoms with Gasteiger partial charge in [-0.3, -0.25) is 14.7 Å². The second-order valence-electron chi connectivity index (χ2n) is 6.47. The van der Waals surface area contributed by atoms with Gasteiger partial charge in [-0.15, -0.1) is 0 Å². The molecule has 1 aliphatic heterocycles. The fraction of sp³-hybridized carbons (Fsp3) is 0.368. The molecule has 0 radical (unpaired) electrons. The van der Waals surface area contributed by atoms with Crippen molar-refractivity contribution in [3.63, 3.8) is 0 Å². The summed E-state index contributed by atoms with van der Waals surface area (Å²) in [5, 5.41) is 1.11. The van der Waals surface area contributed by atoms with E-state index in [1.807, 2.05) is 29.2 Å². The highest BCUT2D eigenvalue weighted by atomic mass is 35.5. The van der Waals surface area contributed by atoms with Crippen LogP contribution in [-0.4, -0.2) is 52.9 Å². The fourth-order valence-electron chi connectivity index (χ4n) is 3.09. The number of carbonyl (C=O) groups is 1. The average Bonchev–Trinajstić information content (AvgIpc) is 2.65. The van der Waals surface area contributed by atoms with E-state index in [4.69, 9.17) is 28.9 Å². The van der Waals surface area contributed by atoms with Crippen LogP contribution in [0, 0.1) is 0 Å². The number of amides is 1. The van der Waals surface area contributed by atoms with Crippen molar-refractivity contribution in [2.75, 3.05) is 26.2 Å². The molecule has 0 saturated carbocycles. The van der Waals surface area contributed by atoms with E-state index in [2.05, 4.69) is 9.88 Å². The zero-order chi connectivity index (χ0) is 18.5. The molecule has 1 amide bonds. The van der Waals surface area contributed by atoms with Crippen LogP contribution in [0.25, 0.3) is 0 Å². The van der Waals surface area contributed by atoms with E-state index in [9.17, 15) is 4.79 Å². The number of nitrogens with zero attached hydrogens (tertiary/aromatic N) is 3. The summed E-state index contributed by atoms with van der Waals surface area (Å²) in [4.78, 5) is 21.1. The minimum Gasteiger partial charge on any atom is -0.339 e. The molecule has 1 unspecified atom stereocenters. The Balaban J connectivity index is 1.51. The molecule has 0 bridgehead atoms. The largest absolute Gasteiger partial charge is 0.339 e. The molecule has 2 heterocycles. The summed E-state index contributed by atoms with van der Waals surface area (Å²) in [6.07, 6.45) is 2.21. The summed E-state index contributed by atoms with van der Waals surface area (Å²) in [5.74, 6) is -0.0338. The van der Waals surface area contributed by atoms with Crippen LogP contribution in [0.3, 0.4) is 0 Å². The van der Waals surface area contributed by atoms with Gasteiger partial charge in [0.15, 0.2) is 0 Å². The smallest absolute Gasteiger partial charge is 0.239 e. The van der Waals surface area contributed by atoms with Crippen molar-refractivity contribution in [2.45, 2.75) is 19.0 Å². The molecule has 1 aromatic carbocycles. The minimum absolute atomic E-state index is 0.0338. The second-order valence-corrected chi connectivity index (χ2v) is 7.31. The SMILES string of the molecule is NC(Cc1ccc(Cl)cc1Cl)C(=O)N1CCN(Cc2ccccn2)CC1. The lowest BCUT2D eigenvalue weighted by Crippen LogP contribution is -2.53. The van der Waals surface area contributed by atoms with Crippen LogP contribution in [0.5, 0.6) is 0 Å². The third-order valence-electron chi connectivity index (χ3n) is 4.57. The number of hydrogen-bond donors (Lipinski definition) is 1. The quantitative estimate of drug-likeness (QED) is 0.849. The maximum atomic E-state index is 12.6. The van der Waals surface area contributed by atoms with Crippen molar-refractivity contribution in [2.24, 2.45) is 5.73 Å². The maximum Gasteiger partial charge on any atom is 0.239 e. The predicted molar refractivity (Wildman–Crippen MR) is 104 cm³/mol. The van der Waals surface area contributed by atoms with Gasteiger partial charge in [0.2, 0.25) is 5.91 Å². The molecule has 138 valence electrons. The van der Waals surface area contributed by atoms with Gasteiger partial charge in [0.05, 0.1) is 11.7 Å². The summed E-state index contributed by atoms with van der Waals surface area (Å²) < 4.78 is 0. The number of pyridine rings is 1. The van der Waals surface area contributed by atoms with Crippen molar-refractivity contribution in [1.29, 1.82) is 0 Å². The zero-order valence-corrected chi connectivity index (χ0v) is 16.0. The molecule has 2 aromatic rings. The van der Waals surface area contributed by atoms with E-state index in [-0.39, 0.29) is 5.91 Å².